The predicted octanol–water partition coefficient (Wildman–Crippen LogP) is 3.76. The van der Waals surface area contributed by atoms with E-state index in [1.54, 1.807) is 5.54 Å². The van der Waals surface area contributed by atoms with Gasteiger partial charge in [-0.15, -0.1) is 0 Å². The van der Waals surface area contributed by atoms with Crippen LogP contribution in [-0.2, 0) is 6.54 Å². The maximum Gasteiger partial charge on any atom is 0.0415 e. The first-order valence-electron chi connectivity index (χ1n) is 7.02. The number of nitrogens with zero attached hydrogens (tertiary/aromatic N) is 1. The fourth-order valence-corrected chi connectivity index (χ4v) is 2.80. The summed E-state index contributed by atoms with van der Waals surface area (Å²) in [4.78, 5) is 2.42. The molecule has 0 aliphatic carbocycles. The normalized spacial score (nSPS) is 19.8. The van der Waals surface area contributed by atoms with Crippen molar-refractivity contribution in [2.24, 2.45) is 5.92 Å². The molecule has 2 nitrogen and oxygen atoms in total. The second kappa shape index (κ2) is 6.97. The molecule has 2 rings (SSSR count). The molecular formula is C16H23ClN2. The van der Waals surface area contributed by atoms with Crippen molar-refractivity contribution in [1.82, 2.24) is 5.32 Å². The summed E-state index contributed by atoms with van der Waals surface area (Å²) < 4.78 is 0. The summed E-state index contributed by atoms with van der Waals surface area (Å²) in [5.41, 5.74) is 4.31. The molecule has 1 aliphatic rings. The SMILES string of the molecule is CC(C)CC1CN(C/C=C/Cl)c2ccccc2CN1. The molecule has 0 bridgehead atoms. The van der Waals surface area contributed by atoms with Gasteiger partial charge < -0.3 is 10.2 Å². The van der Waals surface area contributed by atoms with Crippen LogP contribution in [0.1, 0.15) is 25.8 Å². The molecule has 1 aliphatic heterocycles. The summed E-state index contributed by atoms with van der Waals surface area (Å²) in [7, 11) is 0. The molecule has 1 heterocycles. The monoisotopic (exact) mass is 278 g/mol. The summed E-state index contributed by atoms with van der Waals surface area (Å²) >= 11 is 5.69. The van der Waals surface area contributed by atoms with E-state index in [1.165, 1.54) is 17.7 Å². The Balaban J connectivity index is 2.19. The number of halogens is 1. The molecule has 1 aromatic carbocycles. The Morgan fingerprint density at radius 2 is 2.21 bits per heavy atom. The molecule has 0 saturated heterocycles. The van der Waals surface area contributed by atoms with Crippen LogP contribution in [0.2, 0.25) is 0 Å². The van der Waals surface area contributed by atoms with Gasteiger partial charge in [-0.3, -0.25) is 0 Å². The fourth-order valence-electron chi connectivity index (χ4n) is 2.72. The average Bonchev–Trinajstić information content (AvgIpc) is 2.56. The van der Waals surface area contributed by atoms with Gasteiger partial charge in [-0.25, -0.2) is 0 Å². The fraction of sp³-hybridized carbons (Fsp3) is 0.500. The van der Waals surface area contributed by atoms with E-state index in [2.05, 4.69) is 48.3 Å². The zero-order valence-corrected chi connectivity index (χ0v) is 12.5. The smallest absolute Gasteiger partial charge is 0.0415 e. The van der Waals surface area contributed by atoms with E-state index in [9.17, 15) is 0 Å². The molecule has 0 spiro atoms. The minimum absolute atomic E-state index is 0.538. The number of hydrogen-bond donors (Lipinski definition) is 1. The Morgan fingerprint density at radius 3 is 2.95 bits per heavy atom. The van der Waals surface area contributed by atoms with Crippen LogP contribution in [0.15, 0.2) is 35.9 Å². The van der Waals surface area contributed by atoms with Gasteiger partial charge in [0.2, 0.25) is 0 Å². The Bertz CT molecular complexity index is 429. The number of rotatable bonds is 4. The van der Waals surface area contributed by atoms with Crippen molar-refractivity contribution in [3.63, 3.8) is 0 Å². The molecule has 1 aromatic rings. The van der Waals surface area contributed by atoms with Crippen LogP contribution < -0.4 is 10.2 Å². The van der Waals surface area contributed by atoms with Gasteiger partial charge in [0.1, 0.15) is 0 Å². The lowest BCUT2D eigenvalue weighted by Crippen LogP contribution is -2.39. The van der Waals surface area contributed by atoms with Crippen LogP contribution >= 0.6 is 11.6 Å². The number of para-hydroxylation sites is 1. The van der Waals surface area contributed by atoms with Crippen molar-refractivity contribution in [3.8, 4) is 0 Å². The predicted molar refractivity (Wildman–Crippen MR) is 83.7 cm³/mol. The van der Waals surface area contributed by atoms with Crippen molar-refractivity contribution in [1.29, 1.82) is 0 Å². The third-order valence-corrected chi connectivity index (χ3v) is 3.70. The molecule has 104 valence electrons. The third kappa shape index (κ3) is 3.99. The second-order valence-electron chi connectivity index (χ2n) is 5.60. The van der Waals surface area contributed by atoms with Crippen molar-refractivity contribution >= 4 is 17.3 Å². The number of fused-ring (bicyclic) bond motifs is 1. The Labute approximate surface area is 121 Å². The summed E-state index contributed by atoms with van der Waals surface area (Å²) in [6.45, 7) is 7.42. The third-order valence-electron chi connectivity index (χ3n) is 3.53. The quantitative estimate of drug-likeness (QED) is 0.902. The van der Waals surface area contributed by atoms with Crippen molar-refractivity contribution in [2.75, 3.05) is 18.0 Å². The van der Waals surface area contributed by atoms with Crippen LogP contribution in [0.25, 0.3) is 0 Å². The molecule has 1 N–H and O–H groups in total. The first-order chi connectivity index (χ1) is 9.20. The molecule has 1 unspecified atom stereocenters. The van der Waals surface area contributed by atoms with Crippen LogP contribution in [0.5, 0.6) is 0 Å². The highest BCUT2D eigenvalue weighted by atomic mass is 35.5. The van der Waals surface area contributed by atoms with E-state index in [4.69, 9.17) is 11.6 Å². The lowest BCUT2D eigenvalue weighted by Gasteiger charge is -2.27. The summed E-state index contributed by atoms with van der Waals surface area (Å²) in [5, 5.41) is 3.68. The second-order valence-corrected chi connectivity index (χ2v) is 5.85. The molecule has 0 amide bonds. The standard InChI is InChI=1S/C16H23ClN2/c1-13(2)10-15-12-19(9-5-8-17)16-7-4-3-6-14(16)11-18-15/h3-8,13,15,18H,9-12H2,1-2H3/b8-5+. The molecule has 3 heteroatoms. The van der Waals surface area contributed by atoms with Crippen molar-refractivity contribution < 1.29 is 0 Å². The van der Waals surface area contributed by atoms with Crippen molar-refractivity contribution in [2.45, 2.75) is 32.9 Å². The van der Waals surface area contributed by atoms with Gasteiger partial charge >= 0.3 is 0 Å². The topological polar surface area (TPSA) is 15.3 Å². The van der Waals surface area contributed by atoms with Gasteiger partial charge in [0.15, 0.2) is 0 Å². The summed E-state index contributed by atoms with van der Waals surface area (Å²) in [6.07, 6.45) is 3.21. The van der Waals surface area contributed by atoms with E-state index in [0.29, 0.717) is 12.0 Å². The van der Waals surface area contributed by atoms with E-state index < -0.39 is 0 Å². The maximum absolute atomic E-state index is 5.69. The Morgan fingerprint density at radius 1 is 1.42 bits per heavy atom. The maximum atomic E-state index is 5.69. The minimum atomic E-state index is 0.538. The lowest BCUT2D eigenvalue weighted by molar-refractivity contribution is 0.424. The molecule has 0 fully saturated rings. The zero-order chi connectivity index (χ0) is 13.7. The number of benzene rings is 1. The van der Waals surface area contributed by atoms with E-state index in [1.807, 2.05) is 6.08 Å². The Hall–Kier alpha value is -0.990. The summed E-state index contributed by atoms with van der Waals surface area (Å²) in [6, 6.07) is 9.17. The molecule has 19 heavy (non-hydrogen) atoms. The minimum Gasteiger partial charge on any atom is -0.366 e. The first-order valence-corrected chi connectivity index (χ1v) is 7.45. The van der Waals surface area contributed by atoms with Crippen LogP contribution in [0, 0.1) is 5.92 Å². The van der Waals surface area contributed by atoms with Gasteiger partial charge in [-0.2, -0.15) is 0 Å². The number of hydrogen-bond acceptors (Lipinski definition) is 2. The zero-order valence-electron chi connectivity index (χ0n) is 11.8. The Kier molecular flexibility index (Phi) is 5.29. The van der Waals surface area contributed by atoms with Gasteiger partial charge in [-0.1, -0.05) is 49.7 Å². The van der Waals surface area contributed by atoms with Crippen LogP contribution in [-0.4, -0.2) is 19.1 Å². The average molecular weight is 279 g/mol. The highest BCUT2D eigenvalue weighted by Gasteiger charge is 2.20. The molecule has 0 aromatic heterocycles. The summed E-state index contributed by atoms with van der Waals surface area (Å²) in [5.74, 6) is 0.712. The number of nitrogens with one attached hydrogen (secondary N) is 1. The van der Waals surface area contributed by atoms with E-state index >= 15 is 0 Å². The molecular weight excluding hydrogens is 256 g/mol. The molecule has 0 radical (unpaired) electrons. The highest BCUT2D eigenvalue weighted by molar-refractivity contribution is 6.25. The van der Waals surface area contributed by atoms with Gasteiger partial charge in [0.25, 0.3) is 0 Å². The van der Waals surface area contributed by atoms with Crippen LogP contribution in [0.3, 0.4) is 0 Å². The molecule has 1 atom stereocenters. The van der Waals surface area contributed by atoms with Gasteiger partial charge in [-0.05, 0) is 24.0 Å². The lowest BCUT2D eigenvalue weighted by atomic mass is 10.0. The van der Waals surface area contributed by atoms with Gasteiger partial charge in [0.05, 0.1) is 0 Å². The largest absolute Gasteiger partial charge is 0.366 e. The van der Waals surface area contributed by atoms with Crippen LogP contribution in [0.4, 0.5) is 5.69 Å². The van der Waals surface area contributed by atoms with Crippen molar-refractivity contribution in [3.05, 3.63) is 41.4 Å². The number of anilines is 1. The van der Waals surface area contributed by atoms with E-state index in [0.717, 1.165) is 19.6 Å². The molecule has 0 saturated carbocycles. The van der Waals surface area contributed by atoms with Gasteiger partial charge in [0, 0.05) is 36.9 Å². The first kappa shape index (κ1) is 14.4. The van der Waals surface area contributed by atoms with E-state index in [-0.39, 0.29) is 0 Å². The highest BCUT2D eigenvalue weighted by Crippen LogP contribution is 2.24.